The SMILES string of the molecule is C/C=C/C(=O)/C(C)=C/CNC(=O)OC(C)(C)C. The van der Waals surface area contributed by atoms with Gasteiger partial charge in [0.2, 0.25) is 0 Å². The third kappa shape index (κ3) is 8.25. The van der Waals surface area contributed by atoms with Gasteiger partial charge in [-0.1, -0.05) is 12.2 Å². The fraction of sp³-hybridized carbons (Fsp3) is 0.538. The molecule has 17 heavy (non-hydrogen) atoms. The van der Waals surface area contributed by atoms with E-state index < -0.39 is 11.7 Å². The summed E-state index contributed by atoms with van der Waals surface area (Å²) in [5.41, 5.74) is 0.0861. The minimum absolute atomic E-state index is 0.0570. The minimum atomic E-state index is -0.510. The lowest BCUT2D eigenvalue weighted by Crippen LogP contribution is -2.32. The molecule has 0 aliphatic rings. The summed E-state index contributed by atoms with van der Waals surface area (Å²) in [5, 5.41) is 2.55. The smallest absolute Gasteiger partial charge is 0.407 e. The van der Waals surface area contributed by atoms with Crippen molar-refractivity contribution < 1.29 is 14.3 Å². The van der Waals surface area contributed by atoms with E-state index in [0.717, 1.165) is 0 Å². The fourth-order valence-electron chi connectivity index (χ4n) is 0.985. The molecule has 0 heterocycles. The van der Waals surface area contributed by atoms with Crippen LogP contribution < -0.4 is 5.32 Å². The highest BCUT2D eigenvalue weighted by molar-refractivity contribution is 6.03. The first-order valence-electron chi connectivity index (χ1n) is 5.57. The molecule has 0 unspecified atom stereocenters. The number of rotatable bonds is 4. The lowest BCUT2D eigenvalue weighted by molar-refractivity contribution is -0.111. The molecule has 0 aliphatic carbocycles. The summed E-state index contributed by atoms with van der Waals surface area (Å²) in [6, 6.07) is 0. The van der Waals surface area contributed by atoms with Gasteiger partial charge < -0.3 is 10.1 Å². The zero-order valence-electron chi connectivity index (χ0n) is 11.2. The Balaban J connectivity index is 4.10. The molecule has 0 saturated heterocycles. The number of allylic oxidation sites excluding steroid dienone is 3. The zero-order valence-corrected chi connectivity index (χ0v) is 11.2. The quantitative estimate of drug-likeness (QED) is 0.767. The van der Waals surface area contributed by atoms with Crippen LogP contribution in [0.4, 0.5) is 4.79 Å². The van der Waals surface area contributed by atoms with E-state index >= 15 is 0 Å². The number of hydrogen-bond donors (Lipinski definition) is 1. The molecule has 0 aromatic rings. The van der Waals surface area contributed by atoms with Gasteiger partial charge in [-0.05, 0) is 46.3 Å². The second-order valence-corrected chi connectivity index (χ2v) is 4.63. The summed E-state index contributed by atoms with van der Waals surface area (Å²) in [6.45, 7) is 9.16. The van der Waals surface area contributed by atoms with E-state index in [1.807, 2.05) is 0 Å². The van der Waals surface area contributed by atoms with E-state index in [1.54, 1.807) is 46.8 Å². The molecular formula is C13H21NO3. The monoisotopic (exact) mass is 239 g/mol. The maximum atomic E-state index is 11.3. The van der Waals surface area contributed by atoms with Gasteiger partial charge in [-0.3, -0.25) is 4.79 Å². The van der Waals surface area contributed by atoms with Crippen LogP contribution in [0, 0.1) is 0 Å². The summed E-state index contributed by atoms with van der Waals surface area (Å²) in [4.78, 5) is 22.6. The van der Waals surface area contributed by atoms with Crippen LogP contribution in [0.1, 0.15) is 34.6 Å². The summed E-state index contributed by atoms with van der Waals surface area (Å²) in [6.07, 6.45) is 4.34. The highest BCUT2D eigenvalue weighted by atomic mass is 16.6. The molecule has 0 bridgehead atoms. The maximum absolute atomic E-state index is 11.3. The van der Waals surface area contributed by atoms with Gasteiger partial charge in [0.1, 0.15) is 5.60 Å². The number of alkyl carbamates (subject to hydrolysis) is 1. The van der Waals surface area contributed by atoms with Crippen molar-refractivity contribution in [2.24, 2.45) is 0 Å². The molecule has 0 aromatic carbocycles. The van der Waals surface area contributed by atoms with Gasteiger partial charge in [0, 0.05) is 6.54 Å². The summed E-state index contributed by atoms with van der Waals surface area (Å²) in [7, 11) is 0. The molecule has 0 aromatic heterocycles. The van der Waals surface area contributed by atoms with Crippen molar-refractivity contribution in [3.63, 3.8) is 0 Å². The number of hydrogen-bond acceptors (Lipinski definition) is 3. The molecule has 1 N–H and O–H groups in total. The van der Waals surface area contributed by atoms with Crippen LogP contribution in [-0.2, 0) is 9.53 Å². The molecule has 0 rings (SSSR count). The van der Waals surface area contributed by atoms with Crippen LogP contribution in [0.25, 0.3) is 0 Å². The average molecular weight is 239 g/mol. The van der Waals surface area contributed by atoms with Crippen molar-refractivity contribution in [2.75, 3.05) is 6.54 Å². The van der Waals surface area contributed by atoms with Crippen molar-refractivity contribution in [2.45, 2.75) is 40.2 Å². The molecule has 1 amide bonds. The normalized spacial score (nSPS) is 12.6. The molecule has 4 nitrogen and oxygen atoms in total. The number of amides is 1. The van der Waals surface area contributed by atoms with Crippen molar-refractivity contribution >= 4 is 11.9 Å². The van der Waals surface area contributed by atoms with Crippen LogP contribution in [0.15, 0.2) is 23.8 Å². The zero-order chi connectivity index (χ0) is 13.5. The summed E-state index contributed by atoms with van der Waals surface area (Å²) < 4.78 is 5.05. The molecular weight excluding hydrogens is 218 g/mol. The van der Waals surface area contributed by atoms with E-state index in [9.17, 15) is 9.59 Å². The molecule has 0 saturated carbocycles. The lowest BCUT2D eigenvalue weighted by Gasteiger charge is -2.19. The van der Waals surface area contributed by atoms with Crippen LogP contribution >= 0.6 is 0 Å². The number of carbonyl (C=O) groups is 2. The fourth-order valence-corrected chi connectivity index (χ4v) is 0.985. The van der Waals surface area contributed by atoms with Crippen LogP contribution in [0.5, 0.6) is 0 Å². The predicted molar refractivity (Wildman–Crippen MR) is 67.8 cm³/mol. The van der Waals surface area contributed by atoms with E-state index in [0.29, 0.717) is 5.57 Å². The number of nitrogens with one attached hydrogen (secondary N) is 1. The Morgan fingerprint density at radius 1 is 1.29 bits per heavy atom. The van der Waals surface area contributed by atoms with Gasteiger partial charge in [-0.2, -0.15) is 0 Å². The summed E-state index contributed by atoms with van der Waals surface area (Å²) in [5.74, 6) is -0.0570. The first-order chi connectivity index (χ1) is 7.76. The van der Waals surface area contributed by atoms with Crippen molar-refractivity contribution in [3.05, 3.63) is 23.8 Å². The highest BCUT2D eigenvalue weighted by Crippen LogP contribution is 2.06. The molecule has 4 heteroatoms. The Morgan fingerprint density at radius 3 is 2.35 bits per heavy atom. The minimum Gasteiger partial charge on any atom is -0.444 e. The second-order valence-electron chi connectivity index (χ2n) is 4.63. The number of ether oxygens (including phenoxy) is 1. The second kappa shape index (κ2) is 6.89. The van der Waals surface area contributed by atoms with E-state index in [2.05, 4.69) is 5.32 Å². The average Bonchev–Trinajstić information content (AvgIpc) is 2.14. The van der Waals surface area contributed by atoms with Gasteiger partial charge >= 0.3 is 6.09 Å². The Labute approximate surface area is 103 Å². The number of ketones is 1. The van der Waals surface area contributed by atoms with Crippen molar-refractivity contribution in [1.29, 1.82) is 0 Å². The Kier molecular flexibility index (Phi) is 6.25. The molecule has 0 spiro atoms. The van der Waals surface area contributed by atoms with Crippen molar-refractivity contribution in [1.82, 2.24) is 5.32 Å². The standard InChI is InChI=1S/C13H21NO3/c1-6-7-11(15)10(2)8-9-14-12(16)17-13(3,4)5/h6-8H,9H2,1-5H3,(H,14,16)/b7-6+,10-8+. The Morgan fingerprint density at radius 2 is 1.88 bits per heavy atom. The highest BCUT2D eigenvalue weighted by Gasteiger charge is 2.15. The number of carbonyl (C=O) groups excluding carboxylic acids is 2. The Hall–Kier alpha value is -1.58. The van der Waals surface area contributed by atoms with Crippen LogP contribution in [0.2, 0.25) is 0 Å². The first kappa shape index (κ1) is 15.4. The predicted octanol–water partition coefficient (Wildman–Crippen LogP) is 2.60. The van der Waals surface area contributed by atoms with Gasteiger partial charge in [0.05, 0.1) is 0 Å². The molecule has 0 fully saturated rings. The van der Waals surface area contributed by atoms with E-state index in [1.165, 1.54) is 6.08 Å². The van der Waals surface area contributed by atoms with Gasteiger partial charge in [-0.15, -0.1) is 0 Å². The third-order valence-electron chi connectivity index (χ3n) is 1.76. The van der Waals surface area contributed by atoms with Gasteiger partial charge in [0.25, 0.3) is 0 Å². The van der Waals surface area contributed by atoms with Crippen LogP contribution in [0.3, 0.4) is 0 Å². The molecule has 0 atom stereocenters. The van der Waals surface area contributed by atoms with Crippen LogP contribution in [-0.4, -0.2) is 24.0 Å². The maximum Gasteiger partial charge on any atom is 0.407 e. The van der Waals surface area contributed by atoms with Gasteiger partial charge in [-0.25, -0.2) is 4.79 Å². The lowest BCUT2D eigenvalue weighted by atomic mass is 10.2. The van der Waals surface area contributed by atoms with Gasteiger partial charge in [0.15, 0.2) is 5.78 Å². The first-order valence-corrected chi connectivity index (χ1v) is 5.57. The molecule has 96 valence electrons. The topological polar surface area (TPSA) is 55.4 Å². The molecule has 0 radical (unpaired) electrons. The van der Waals surface area contributed by atoms with E-state index in [4.69, 9.17) is 4.74 Å². The third-order valence-corrected chi connectivity index (χ3v) is 1.76. The summed E-state index contributed by atoms with van der Waals surface area (Å²) >= 11 is 0. The Bertz CT molecular complexity index is 335. The van der Waals surface area contributed by atoms with Crippen molar-refractivity contribution in [3.8, 4) is 0 Å². The van der Waals surface area contributed by atoms with E-state index in [-0.39, 0.29) is 12.3 Å². The largest absolute Gasteiger partial charge is 0.444 e. The molecule has 0 aliphatic heterocycles.